The third-order valence-corrected chi connectivity index (χ3v) is 4.99. The summed E-state index contributed by atoms with van der Waals surface area (Å²) in [6.07, 6.45) is 7.80. The lowest BCUT2D eigenvalue weighted by Gasteiger charge is -2.21. The molecule has 1 saturated carbocycles. The standard InChI is InChI=1S/C19H26N2O3S/c22-18(14-5-2-1-3-6-14)21-19(25)20-15-8-10-16(11-9-15)24-13-17-7-4-12-23-17/h8-11,14,17H,1-7,12-13H2,(H2,20,21,22,25)/t17-/m0/s1. The van der Waals surface area contributed by atoms with Crippen molar-refractivity contribution in [2.45, 2.75) is 51.0 Å². The second-order valence-electron chi connectivity index (χ2n) is 6.75. The highest BCUT2D eigenvalue weighted by Crippen LogP contribution is 2.23. The number of carbonyl (C=O) groups is 1. The van der Waals surface area contributed by atoms with Gasteiger partial charge in [-0.1, -0.05) is 19.3 Å². The lowest BCUT2D eigenvalue weighted by atomic mass is 9.89. The monoisotopic (exact) mass is 362 g/mol. The predicted molar refractivity (Wildman–Crippen MR) is 102 cm³/mol. The Bertz CT molecular complexity index is 579. The maximum Gasteiger partial charge on any atom is 0.229 e. The third kappa shape index (κ3) is 5.68. The summed E-state index contributed by atoms with van der Waals surface area (Å²) in [5, 5.41) is 6.21. The van der Waals surface area contributed by atoms with E-state index in [0.717, 1.165) is 56.6 Å². The fraction of sp³-hybridized carbons (Fsp3) is 0.579. The summed E-state index contributed by atoms with van der Waals surface area (Å²) in [6, 6.07) is 7.57. The van der Waals surface area contributed by atoms with Gasteiger partial charge in [0, 0.05) is 18.2 Å². The molecule has 0 radical (unpaired) electrons. The minimum atomic E-state index is 0.0358. The van der Waals surface area contributed by atoms with Gasteiger partial charge in [0.15, 0.2) is 5.11 Å². The van der Waals surface area contributed by atoms with Crippen molar-refractivity contribution in [1.82, 2.24) is 5.32 Å². The van der Waals surface area contributed by atoms with Crippen LogP contribution in [0, 0.1) is 5.92 Å². The summed E-state index contributed by atoms with van der Waals surface area (Å²) in [6.45, 7) is 1.42. The smallest absolute Gasteiger partial charge is 0.229 e. The number of hydrogen-bond donors (Lipinski definition) is 2. The van der Waals surface area contributed by atoms with Gasteiger partial charge in [-0.25, -0.2) is 0 Å². The molecule has 0 spiro atoms. The fourth-order valence-electron chi connectivity index (χ4n) is 3.34. The van der Waals surface area contributed by atoms with Crippen LogP contribution in [-0.4, -0.2) is 30.3 Å². The Morgan fingerprint density at radius 2 is 1.88 bits per heavy atom. The zero-order valence-corrected chi connectivity index (χ0v) is 15.3. The van der Waals surface area contributed by atoms with E-state index < -0.39 is 0 Å². The van der Waals surface area contributed by atoms with Gasteiger partial charge in [0.1, 0.15) is 12.4 Å². The third-order valence-electron chi connectivity index (χ3n) is 4.78. The highest BCUT2D eigenvalue weighted by atomic mass is 32.1. The number of amides is 1. The van der Waals surface area contributed by atoms with Gasteiger partial charge in [0.2, 0.25) is 5.91 Å². The predicted octanol–water partition coefficient (Wildman–Crippen LogP) is 3.64. The Morgan fingerprint density at radius 3 is 2.56 bits per heavy atom. The van der Waals surface area contributed by atoms with E-state index in [0.29, 0.717) is 11.7 Å². The Hall–Kier alpha value is -1.66. The second kappa shape index (κ2) is 9.15. The molecule has 0 aromatic heterocycles. The maximum absolute atomic E-state index is 12.2. The molecule has 6 heteroatoms. The first-order chi connectivity index (χ1) is 12.2. The van der Waals surface area contributed by atoms with Gasteiger partial charge >= 0.3 is 0 Å². The number of hydrogen-bond acceptors (Lipinski definition) is 4. The Labute approximate surface area is 154 Å². The van der Waals surface area contributed by atoms with Crippen molar-refractivity contribution in [2.75, 3.05) is 18.5 Å². The average Bonchev–Trinajstić information content (AvgIpc) is 3.15. The fourth-order valence-corrected chi connectivity index (χ4v) is 3.56. The molecule has 1 saturated heterocycles. The molecule has 1 atom stereocenters. The molecular weight excluding hydrogens is 336 g/mol. The molecule has 1 aliphatic carbocycles. The summed E-state index contributed by atoms with van der Waals surface area (Å²) in [5.41, 5.74) is 0.832. The molecule has 0 bridgehead atoms. The molecule has 2 aliphatic rings. The van der Waals surface area contributed by atoms with E-state index in [4.69, 9.17) is 21.7 Å². The minimum absolute atomic E-state index is 0.0358. The van der Waals surface area contributed by atoms with E-state index >= 15 is 0 Å². The number of thiocarbonyl (C=S) groups is 1. The lowest BCUT2D eigenvalue weighted by molar-refractivity contribution is -0.124. The van der Waals surface area contributed by atoms with Crippen LogP contribution in [0.4, 0.5) is 5.69 Å². The van der Waals surface area contributed by atoms with Crippen molar-refractivity contribution in [3.63, 3.8) is 0 Å². The molecule has 25 heavy (non-hydrogen) atoms. The van der Waals surface area contributed by atoms with E-state index in [1.54, 1.807) is 0 Å². The topological polar surface area (TPSA) is 59.6 Å². The van der Waals surface area contributed by atoms with E-state index in [9.17, 15) is 4.79 Å². The molecule has 1 aromatic rings. The van der Waals surface area contributed by atoms with Gasteiger partial charge in [-0.2, -0.15) is 0 Å². The van der Waals surface area contributed by atoms with E-state index in [2.05, 4.69) is 10.6 Å². The van der Waals surface area contributed by atoms with Gasteiger partial charge in [-0.3, -0.25) is 4.79 Å². The highest BCUT2D eigenvalue weighted by Gasteiger charge is 2.21. The SMILES string of the molecule is O=C(NC(=S)Nc1ccc(OC[C@@H]2CCCO2)cc1)C1CCCCC1. The summed E-state index contributed by atoms with van der Waals surface area (Å²) in [5.74, 6) is 0.939. The summed E-state index contributed by atoms with van der Waals surface area (Å²) < 4.78 is 11.3. The molecule has 5 nitrogen and oxygen atoms in total. The van der Waals surface area contributed by atoms with Gasteiger partial charge < -0.3 is 20.1 Å². The molecular formula is C19H26N2O3S. The molecule has 1 aliphatic heterocycles. The van der Waals surface area contributed by atoms with Gasteiger partial charge in [-0.05, 0) is 62.2 Å². The summed E-state index contributed by atoms with van der Waals surface area (Å²) >= 11 is 5.25. The number of anilines is 1. The van der Waals surface area contributed by atoms with Gasteiger partial charge in [-0.15, -0.1) is 0 Å². The van der Waals surface area contributed by atoms with Crippen molar-refractivity contribution in [3.8, 4) is 5.75 Å². The number of benzene rings is 1. The quantitative estimate of drug-likeness (QED) is 0.783. The van der Waals surface area contributed by atoms with E-state index in [1.165, 1.54) is 6.42 Å². The number of nitrogens with one attached hydrogen (secondary N) is 2. The zero-order valence-electron chi connectivity index (χ0n) is 14.5. The zero-order chi connectivity index (χ0) is 17.5. The number of carbonyl (C=O) groups excluding carboxylic acids is 1. The van der Waals surface area contributed by atoms with Crippen LogP contribution in [0.2, 0.25) is 0 Å². The highest BCUT2D eigenvalue weighted by molar-refractivity contribution is 7.80. The van der Waals surface area contributed by atoms with Crippen LogP contribution in [0.1, 0.15) is 44.9 Å². The molecule has 2 fully saturated rings. The van der Waals surface area contributed by atoms with Crippen LogP contribution in [0.25, 0.3) is 0 Å². The number of rotatable bonds is 5. The van der Waals surface area contributed by atoms with Crippen LogP contribution < -0.4 is 15.4 Å². The first-order valence-corrected chi connectivity index (χ1v) is 9.58. The molecule has 2 N–H and O–H groups in total. The van der Waals surface area contributed by atoms with E-state index in [1.807, 2.05) is 24.3 Å². The van der Waals surface area contributed by atoms with E-state index in [-0.39, 0.29) is 17.9 Å². The van der Waals surface area contributed by atoms with Crippen LogP contribution in [0.3, 0.4) is 0 Å². The van der Waals surface area contributed by atoms with Crippen molar-refractivity contribution in [1.29, 1.82) is 0 Å². The Balaban J connectivity index is 1.42. The molecule has 1 amide bonds. The van der Waals surface area contributed by atoms with Crippen LogP contribution in [-0.2, 0) is 9.53 Å². The first-order valence-electron chi connectivity index (χ1n) is 9.17. The van der Waals surface area contributed by atoms with Crippen molar-refractivity contribution in [2.24, 2.45) is 5.92 Å². The number of ether oxygens (including phenoxy) is 2. The summed E-state index contributed by atoms with van der Waals surface area (Å²) in [4.78, 5) is 12.2. The minimum Gasteiger partial charge on any atom is -0.491 e. The Morgan fingerprint density at radius 1 is 1.12 bits per heavy atom. The summed E-state index contributed by atoms with van der Waals surface area (Å²) in [7, 11) is 0. The molecule has 0 unspecified atom stereocenters. The van der Waals surface area contributed by atoms with Crippen molar-refractivity contribution in [3.05, 3.63) is 24.3 Å². The Kier molecular flexibility index (Phi) is 6.64. The average molecular weight is 362 g/mol. The van der Waals surface area contributed by atoms with Crippen molar-refractivity contribution >= 4 is 28.9 Å². The van der Waals surface area contributed by atoms with Crippen molar-refractivity contribution < 1.29 is 14.3 Å². The normalized spacial score (nSPS) is 20.9. The van der Waals surface area contributed by atoms with Crippen LogP contribution >= 0.6 is 12.2 Å². The maximum atomic E-state index is 12.2. The van der Waals surface area contributed by atoms with Gasteiger partial charge in [0.05, 0.1) is 6.10 Å². The molecule has 1 aromatic carbocycles. The molecule has 136 valence electrons. The van der Waals surface area contributed by atoms with Crippen LogP contribution in [0.5, 0.6) is 5.75 Å². The first kappa shape index (κ1) is 18.1. The largest absolute Gasteiger partial charge is 0.491 e. The lowest BCUT2D eigenvalue weighted by Crippen LogP contribution is -2.38. The molecule has 3 rings (SSSR count). The second-order valence-corrected chi connectivity index (χ2v) is 7.16. The molecule has 1 heterocycles. The van der Waals surface area contributed by atoms with Crippen LogP contribution in [0.15, 0.2) is 24.3 Å². The van der Waals surface area contributed by atoms with Gasteiger partial charge in [0.25, 0.3) is 0 Å².